The Balaban J connectivity index is 3.04. The number of hydrogen-bond acceptors (Lipinski definition) is 1. The lowest BCUT2D eigenvalue weighted by Crippen LogP contribution is -2.23. The maximum absolute atomic E-state index is 10.9. The molecule has 1 N–H and O–H groups in total. The van der Waals surface area contributed by atoms with Gasteiger partial charge in [0.2, 0.25) is 5.91 Å². The summed E-state index contributed by atoms with van der Waals surface area (Å²) in [5, 5.41) is 2.84. The fourth-order valence-electron chi connectivity index (χ4n) is 0.852. The number of hydrogen-bond donors (Lipinski definition) is 1. The van der Waals surface area contributed by atoms with Crippen molar-refractivity contribution >= 4 is 5.91 Å². The van der Waals surface area contributed by atoms with Crippen molar-refractivity contribution in [3.63, 3.8) is 0 Å². The molecular weight excluding hydrogens is 138 g/mol. The summed E-state index contributed by atoms with van der Waals surface area (Å²) in [5.74, 6) is 0.135. The van der Waals surface area contributed by atoms with Crippen molar-refractivity contribution in [2.45, 2.75) is 39.0 Å². The van der Waals surface area contributed by atoms with Crippen molar-refractivity contribution in [3.8, 4) is 0 Å². The fraction of sp³-hybridized carbons (Fsp3) is 0.778. The van der Waals surface area contributed by atoms with Crippen LogP contribution >= 0.6 is 0 Å². The largest absolute Gasteiger partial charge is 0.356 e. The van der Waals surface area contributed by atoms with Gasteiger partial charge in [0.05, 0.1) is 0 Å². The van der Waals surface area contributed by atoms with Crippen LogP contribution < -0.4 is 5.32 Å². The third kappa shape index (κ3) is 7.37. The Hall–Kier alpha value is -0.530. The van der Waals surface area contributed by atoms with Crippen molar-refractivity contribution in [1.82, 2.24) is 5.32 Å². The fourth-order valence-corrected chi connectivity index (χ4v) is 0.852. The van der Waals surface area contributed by atoms with Gasteiger partial charge in [-0.05, 0) is 12.8 Å². The highest BCUT2D eigenvalue weighted by molar-refractivity contribution is 5.75. The molecule has 0 aromatic carbocycles. The summed E-state index contributed by atoms with van der Waals surface area (Å²) in [6, 6.07) is 0. The summed E-state index contributed by atoms with van der Waals surface area (Å²) in [6.45, 7) is 6.59. The molecule has 2 nitrogen and oxygen atoms in total. The van der Waals surface area contributed by atoms with Crippen LogP contribution in [0, 0.1) is 6.92 Å². The Morgan fingerprint density at radius 1 is 1.45 bits per heavy atom. The molecule has 11 heavy (non-hydrogen) atoms. The van der Waals surface area contributed by atoms with Crippen LogP contribution in [0.1, 0.15) is 39.0 Å². The lowest BCUT2D eigenvalue weighted by atomic mass is 10.2. The summed E-state index contributed by atoms with van der Waals surface area (Å²) in [5.41, 5.74) is 0. The summed E-state index contributed by atoms with van der Waals surface area (Å²) >= 11 is 0. The van der Waals surface area contributed by atoms with Gasteiger partial charge in [-0.15, -0.1) is 0 Å². The molecule has 0 aliphatic carbocycles. The average Bonchev–Trinajstić information content (AvgIpc) is 1.99. The Labute approximate surface area is 69.4 Å². The van der Waals surface area contributed by atoms with Gasteiger partial charge in [0.1, 0.15) is 0 Å². The molecule has 0 saturated heterocycles. The maximum atomic E-state index is 10.9. The third-order valence-electron chi connectivity index (χ3n) is 1.51. The molecule has 0 aliphatic heterocycles. The molecule has 0 unspecified atom stereocenters. The van der Waals surface area contributed by atoms with Gasteiger partial charge >= 0.3 is 0 Å². The van der Waals surface area contributed by atoms with Crippen molar-refractivity contribution in [2.24, 2.45) is 0 Å². The van der Waals surface area contributed by atoms with Crippen LogP contribution in [0.3, 0.4) is 0 Å². The predicted octanol–water partition coefficient (Wildman–Crippen LogP) is 1.91. The Bertz CT molecular complexity index is 102. The third-order valence-corrected chi connectivity index (χ3v) is 1.51. The zero-order valence-corrected chi connectivity index (χ0v) is 7.36. The Morgan fingerprint density at radius 2 is 2.18 bits per heavy atom. The van der Waals surface area contributed by atoms with Crippen LogP contribution in [0.25, 0.3) is 0 Å². The van der Waals surface area contributed by atoms with Crippen LogP contribution in [0.4, 0.5) is 0 Å². The first-order valence-electron chi connectivity index (χ1n) is 4.37. The van der Waals surface area contributed by atoms with Crippen LogP contribution in [0.2, 0.25) is 0 Å². The molecule has 0 saturated carbocycles. The minimum Gasteiger partial charge on any atom is -0.356 e. The quantitative estimate of drug-likeness (QED) is 0.585. The van der Waals surface area contributed by atoms with E-state index in [2.05, 4.69) is 19.2 Å². The number of amides is 1. The minimum atomic E-state index is 0.135. The van der Waals surface area contributed by atoms with E-state index in [0.29, 0.717) is 12.8 Å². The summed E-state index contributed by atoms with van der Waals surface area (Å²) in [6.07, 6.45) is 4.75. The van der Waals surface area contributed by atoms with Crippen LogP contribution in [-0.2, 0) is 4.79 Å². The molecular formula is C9H18NO. The van der Waals surface area contributed by atoms with Gasteiger partial charge in [-0.25, -0.2) is 0 Å². The summed E-state index contributed by atoms with van der Waals surface area (Å²) in [4.78, 5) is 10.9. The highest BCUT2D eigenvalue weighted by Gasteiger charge is 1.95. The first-order valence-corrected chi connectivity index (χ1v) is 4.37. The molecule has 0 fully saturated rings. The van der Waals surface area contributed by atoms with Gasteiger partial charge in [0.15, 0.2) is 0 Å². The number of carbonyl (C=O) groups is 1. The molecule has 0 atom stereocenters. The Kier molecular flexibility index (Phi) is 7.21. The van der Waals surface area contributed by atoms with E-state index in [0.717, 1.165) is 13.0 Å². The lowest BCUT2D eigenvalue weighted by molar-refractivity contribution is -0.121. The van der Waals surface area contributed by atoms with Crippen LogP contribution in [-0.4, -0.2) is 12.5 Å². The normalized spacial score (nSPS) is 9.64. The standard InChI is InChI=1S/C9H18NO/c1-3-5-6-8-10-9(11)7-4-2/h2-8H2,1H3,(H,10,11). The molecule has 1 radical (unpaired) electrons. The first kappa shape index (κ1) is 10.5. The molecule has 0 aromatic heterocycles. The number of unbranched alkanes of at least 4 members (excludes halogenated alkanes) is 2. The van der Waals surface area contributed by atoms with Crippen LogP contribution in [0.15, 0.2) is 0 Å². The zero-order chi connectivity index (χ0) is 8.53. The van der Waals surface area contributed by atoms with E-state index < -0.39 is 0 Å². The monoisotopic (exact) mass is 156 g/mol. The van der Waals surface area contributed by atoms with E-state index in [-0.39, 0.29) is 5.91 Å². The SMILES string of the molecule is [CH2]CCC(=O)NCCCCC. The maximum Gasteiger partial charge on any atom is 0.219 e. The average molecular weight is 156 g/mol. The summed E-state index contributed by atoms with van der Waals surface area (Å²) < 4.78 is 0. The van der Waals surface area contributed by atoms with Crippen molar-refractivity contribution < 1.29 is 4.79 Å². The second-order valence-electron chi connectivity index (χ2n) is 2.66. The van der Waals surface area contributed by atoms with E-state index in [1.807, 2.05) is 0 Å². The van der Waals surface area contributed by atoms with Gasteiger partial charge in [-0.1, -0.05) is 26.7 Å². The van der Waals surface area contributed by atoms with Crippen molar-refractivity contribution in [2.75, 3.05) is 6.54 Å². The zero-order valence-electron chi connectivity index (χ0n) is 7.36. The first-order chi connectivity index (χ1) is 5.31. The number of rotatable bonds is 6. The molecule has 0 aliphatic rings. The lowest BCUT2D eigenvalue weighted by Gasteiger charge is -2.02. The highest BCUT2D eigenvalue weighted by atomic mass is 16.1. The van der Waals surface area contributed by atoms with E-state index in [1.54, 1.807) is 0 Å². The molecule has 1 amide bonds. The van der Waals surface area contributed by atoms with E-state index in [1.165, 1.54) is 12.8 Å². The van der Waals surface area contributed by atoms with E-state index in [4.69, 9.17) is 0 Å². The second-order valence-corrected chi connectivity index (χ2v) is 2.66. The van der Waals surface area contributed by atoms with Gasteiger partial charge in [0.25, 0.3) is 0 Å². The topological polar surface area (TPSA) is 29.1 Å². The van der Waals surface area contributed by atoms with Gasteiger partial charge in [-0.2, -0.15) is 0 Å². The highest BCUT2D eigenvalue weighted by Crippen LogP contribution is 1.92. The number of nitrogens with one attached hydrogen (secondary N) is 1. The van der Waals surface area contributed by atoms with Gasteiger partial charge in [0, 0.05) is 13.0 Å². The van der Waals surface area contributed by atoms with Crippen molar-refractivity contribution in [3.05, 3.63) is 6.92 Å². The molecule has 0 aromatic rings. The molecule has 0 bridgehead atoms. The van der Waals surface area contributed by atoms with E-state index in [9.17, 15) is 4.79 Å². The minimum absolute atomic E-state index is 0.135. The second kappa shape index (κ2) is 7.58. The van der Waals surface area contributed by atoms with Gasteiger partial charge < -0.3 is 5.32 Å². The van der Waals surface area contributed by atoms with E-state index >= 15 is 0 Å². The predicted molar refractivity (Wildman–Crippen MR) is 47.1 cm³/mol. The molecule has 2 heteroatoms. The van der Waals surface area contributed by atoms with Gasteiger partial charge in [-0.3, -0.25) is 4.79 Å². The van der Waals surface area contributed by atoms with Crippen LogP contribution in [0.5, 0.6) is 0 Å². The molecule has 0 rings (SSSR count). The summed E-state index contributed by atoms with van der Waals surface area (Å²) in [7, 11) is 0. The molecule has 0 heterocycles. The smallest absolute Gasteiger partial charge is 0.219 e. The Morgan fingerprint density at radius 3 is 2.73 bits per heavy atom. The molecule has 0 spiro atoms. The molecule has 65 valence electrons. The van der Waals surface area contributed by atoms with Crippen molar-refractivity contribution in [1.29, 1.82) is 0 Å². The number of carbonyl (C=O) groups excluding carboxylic acids is 1.